The third-order valence-corrected chi connectivity index (χ3v) is 5.60. The highest BCUT2D eigenvalue weighted by atomic mass is 19.1. The van der Waals surface area contributed by atoms with E-state index in [1.165, 1.54) is 31.6 Å². The summed E-state index contributed by atoms with van der Waals surface area (Å²) in [5.41, 5.74) is 0.665. The van der Waals surface area contributed by atoms with Gasteiger partial charge in [-0.05, 0) is 24.6 Å². The van der Waals surface area contributed by atoms with Gasteiger partial charge < -0.3 is 25.4 Å². The lowest BCUT2D eigenvalue weighted by Crippen LogP contribution is -2.29. The van der Waals surface area contributed by atoms with Crippen LogP contribution in [0.5, 0.6) is 0 Å². The Morgan fingerprint density at radius 3 is 2.78 bits per heavy atom. The number of rotatable bonds is 7. The molecule has 1 atom stereocenters. The van der Waals surface area contributed by atoms with Crippen molar-refractivity contribution >= 4 is 40.2 Å². The highest BCUT2D eigenvalue weighted by Gasteiger charge is 2.20. The van der Waals surface area contributed by atoms with Crippen molar-refractivity contribution in [1.29, 1.82) is 5.41 Å². The molecule has 0 aliphatic carbocycles. The number of amidine groups is 1. The topological polar surface area (TPSA) is 147 Å². The Balaban J connectivity index is 1.55. The molecule has 194 valence electrons. The van der Waals surface area contributed by atoms with Crippen molar-refractivity contribution in [2.45, 2.75) is 33.2 Å². The Morgan fingerprint density at radius 2 is 2.08 bits per heavy atom. The number of allylic oxidation sites excluding steroid dienone is 1. The summed E-state index contributed by atoms with van der Waals surface area (Å²) in [5.74, 6) is -0.156. The van der Waals surface area contributed by atoms with Crippen molar-refractivity contribution < 1.29 is 18.7 Å². The Kier molecular flexibility index (Phi) is 7.58. The minimum atomic E-state index is -0.594. The number of anilines is 3. The first-order chi connectivity index (χ1) is 17.6. The molecule has 4 rings (SSSR count). The molecule has 1 amide bonds. The number of amides is 1. The monoisotopic (exact) mass is 508 g/mol. The van der Waals surface area contributed by atoms with E-state index in [1.807, 2.05) is 20.8 Å². The number of hydrogen-bond donors (Lipinski definition) is 4. The summed E-state index contributed by atoms with van der Waals surface area (Å²) in [6.45, 7) is 7.02. The highest BCUT2D eigenvalue weighted by molar-refractivity contribution is 6.09. The van der Waals surface area contributed by atoms with E-state index in [1.54, 1.807) is 6.20 Å². The smallest absolute Gasteiger partial charge is 0.256 e. The number of methoxy groups -OCH3 is 1. The second-order valence-electron chi connectivity index (χ2n) is 9.50. The SMILES string of the molecule is CO/C(=C\C(=N)NC(=O)c1ccc(F)c(Nc2ncnc3cnc(NC4CCOC4)nc23)c1)C(C)(C)C. The first-order valence-electron chi connectivity index (χ1n) is 11.7. The molecule has 1 fully saturated rings. The number of aromatic nitrogens is 4. The van der Waals surface area contributed by atoms with E-state index in [0.29, 0.717) is 36.0 Å². The summed E-state index contributed by atoms with van der Waals surface area (Å²) in [6.07, 6.45) is 5.15. The van der Waals surface area contributed by atoms with Gasteiger partial charge in [-0.15, -0.1) is 0 Å². The molecule has 1 aromatic carbocycles. The molecule has 4 N–H and O–H groups in total. The molecule has 0 radical (unpaired) electrons. The van der Waals surface area contributed by atoms with Gasteiger partial charge in [-0.3, -0.25) is 10.2 Å². The van der Waals surface area contributed by atoms with Crippen LogP contribution in [0, 0.1) is 16.6 Å². The quantitative estimate of drug-likeness (QED) is 0.213. The summed E-state index contributed by atoms with van der Waals surface area (Å²) in [4.78, 5) is 30.0. The number of fused-ring (bicyclic) bond motifs is 1. The zero-order chi connectivity index (χ0) is 26.6. The molecule has 1 unspecified atom stereocenters. The lowest BCUT2D eigenvalue weighted by Gasteiger charge is -2.21. The zero-order valence-corrected chi connectivity index (χ0v) is 21.1. The highest BCUT2D eigenvalue weighted by Crippen LogP contribution is 2.26. The fourth-order valence-electron chi connectivity index (χ4n) is 3.68. The molecule has 2 aromatic heterocycles. The summed E-state index contributed by atoms with van der Waals surface area (Å²) in [5, 5.41) is 16.7. The van der Waals surface area contributed by atoms with Crippen molar-refractivity contribution in [3.8, 4) is 0 Å². The minimum Gasteiger partial charge on any atom is -0.500 e. The molecule has 11 nitrogen and oxygen atoms in total. The third-order valence-electron chi connectivity index (χ3n) is 5.60. The zero-order valence-electron chi connectivity index (χ0n) is 21.1. The Morgan fingerprint density at radius 1 is 1.27 bits per heavy atom. The molecule has 0 saturated carbocycles. The van der Waals surface area contributed by atoms with Crippen LogP contribution in [-0.2, 0) is 9.47 Å². The molecule has 0 spiro atoms. The first-order valence-corrected chi connectivity index (χ1v) is 11.7. The summed E-state index contributed by atoms with van der Waals surface area (Å²) in [6, 6.07) is 3.94. The molecule has 37 heavy (non-hydrogen) atoms. The second-order valence-corrected chi connectivity index (χ2v) is 9.50. The Bertz CT molecular complexity index is 1350. The van der Waals surface area contributed by atoms with E-state index in [-0.39, 0.29) is 34.4 Å². The van der Waals surface area contributed by atoms with Crippen molar-refractivity contribution in [3.05, 3.63) is 53.9 Å². The van der Waals surface area contributed by atoms with E-state index in [4.69, 9.17) is 14.9 Å². The molecule has 1 aliphatic rings. The number of nitrogens with one attached hydrogen (secondary N) is 4. The molecule has 3 aromatic rings. The average Bonchev–Trinajstić information content (AvgIpc) is 3.36. The van der Waals surface area contributed by atoms with Crippen LogP contribution in [-0.4, -0.2) is 58.0 Å². The summed E-state index contributed by atoms with van der Waals surface area (Å²) in [7, 11) is 1.51. The van der Waals surface area contributed by atoms with Gasteiger partial charge >= 0.3 is 0 Å². The molecule has 1 aliphatic heterocycles. The van der Waals surface area contributed by atoms with Gasteiger partial charge in [-0.2, -0.15) is 0 Å². The van der Waals surface area contributed by atoms with Gasteiger partial charge in [0.2, 0.25) is 5.95 Å². The number of benzene rings is 1. The van der Waals surface area contributed by atoms with Gasteiger partial charge in [0, 0.05) is 23.7 Å². The molecule has 12 heteroatoms. The summed E-state index contributed by atoms with van der Waals surface area (Å²) >= 11 is 0. The molecule has 0 bridgehead atoms. The maximum absolute atomic E-state index is 14.7. The van der Waals surface area contributed by atoms with Crippen LogP contribution in [0.1, 0.15) is 37.6 Å². The normalized spacial score (nSPS) is 15.9. The Labute approximate surface area is 213 Å². The summed E-state index contributed by atoms with van der Waals surface area (Å²) < 4.78 is 25.4. The van der Waals surface area contributed by atoms with Gasteiger partial charge in [0.25, 0.3) is 5.91 Å². The van der Waals surface area contributed by atoms with E-state index in [2.05, 4.69) is 35.9 Å². The predicted molar refractivity (Wildman–Crippen MR) is 137 cm³/mol. The first kappa shape index (κ1) is 25.9. The van der Waals surface area contributed by atoms with Crippen LogP contribution >= 0.6 is 0 Å². The number of ether oxygens (including phenoxy) is 2. The van der Waals surface area contributed by atoms with Gasteiger partial charge in [0.15, 0.2) is 5.82 Å². The van der Waals surface area contributed by atoms with Crippen molar-refractivity contribution in [2.24, 2.45) is 5.41 Å². The van der Waals surface area contributed by atoms with Gasteiger partial charge in [0.1, 0.15) is 34.8 Å². The van der Waals surface area contributed by atoms with Gasteiger partial charge in [0.05, 0.1) is 31.6 Å². The fourth-order valence-corrected chi connectivity index (χ4v) is 3.68. The molecule has 3 heterocycles. The maximum atomic E-state index is 14.7. The largest absolute Gasteiger partial charge is 0.500 e. The van der Waals surface area contributed by atoms with E-state index in [0.717, 1.165) is 12.5 Å². The standard InChI is InChI=1S/C25H29FN8O3/c1-25(2,3)19(36-4)10-20(27)33-23(35)14-5-6-16(26)17(9-14)32-22-21-18(29-13-30-22)11-28-24(34-21)31-15-7-8-37-12-15/h5-6,9-11,13,15H,7-8,12H2,1-4H3,(H2,27,33,35)(H,28,31,34)(H,29,30,32)/b19-10-. The lowest BCUT2D eigenvalue weighted by atomic mass is 9.93. The predicted octanol–water partition coefficient (Wildman–Crippen LogP) is 3.79. The van der Waals surface area contributed by atoms with Crippen LogP contribution in [0.15, 0.2) is 42.6 Å². The number of carbonyl (C=O) groups excluding carboxylic acids is 1. The average molecular weight is 509 g/mol. The van der Waals surface area contributed by atoms with Crippen LogP contribution < -0.4 is 16.0 Å². The van der Waals surface area contributed by atoms with Crippen LogP contribution in [0.4, 0.5) is 21.8 Å². The van der Waals surface area contributed by atoms with Crippen molar-refractivity contribution in [1.82, 2.24) is 25.3 Å². The van der Waals surface area contributed by atoms with Crippen molar-refractivity contribution in [3.63, 3.8) is 0 Å². The Hall–Kier alpha value is -4.19. The molecular formula is C25H29FN8O3. The van der Waals surface area contributed by atoms with E-state index >= 15 is 0 Å². The number of hydrogen-bond acceptors (Lipinski definition) is 10. The van der Waals surface area contributed by atoms with Gasteiger partial charge in [-0.1, -0.05) is 20.8 Å². The molecular weight excluding hydrogens is 479 g/mol. The van der Waals surface area contributed by atoms with Crippen LogP contribution in [0.3, 0.4) is 0 Å². The van der Waals surface area contributed by atoms with Crippen LogP contribution in [0.2, 0.25) is 0 Å². The second kappa shape index (κ2) is 10.8. The number of halogens is 1. The third kappa shape index (κ3) is 6.33. The fraction of sp³-hybridized carbons (Fsp3) is 0.360. The van der Waals surface area contributed by atoms with E-state index < -0.39 is 11.7 Å². The van der Waals surface area contributed by atoms with Crippen LogP contribution in [0.25, 0.3) is 11.0 Å². The number of nitrogens with zero attached hydrogens (tertiary/aromatic N) is 4. The van der Waals surface area contributed by atoms with Gasteiger partial charge in [-0.25, -0.2) is 24.3 Å². The molecule has 1 saturated heterocycles. The van der Waals surface area contributed by atoms with E-state index in [9.17, 15) is 9.18 Å². The van der Waals surface area contributed by atoms with Crippen molar-refractivity contribution in [2.75, 3.05) is 31.0 Å². The lowest BCUT2D eigenvalue weighted by molar-refractivity contribution is 0.0977. The maximum Gasteiger partial charge on any atom is 0.256 e. The minimum absolute atomic E-state index is 0.0132. The number of carbonyl (C=O) groups is 1.